The van der Waals surface area contributed by atoms with E-state index in [-0.39, 0.29) is 17.7 Å². The normalized spacial score (nSPS) is 10.8. The largest absolute Gasteiger partial charge is 0.345 e. The molecule has 7 heteroatoms. The van der Waals surface area contributed by atoms with Gasteiger partial charge in [-0.3, -0.25) is 14.4 Å². The molecule has 0 bridgehead atoms. The van der Waals surface area contributed by atoms with E-state index in [1.165, 1.54) is 30.6 Å². The lowest BCUT2D eigenvalue weighted by Gasteiger charge is -2.22. The summed E-state index contributed by atoms with van der Waals surface area (Å²) in [5.41, 5.74) is 2.04. The van der Waals surface area contributed by atoms with Gasteiger partial charge in [0.2, 0.25) is 11.8 Å². The number of nitrogens with zero attached hydrogens (tertiary/aromatic N) is 2. The van der Waals surface area contributed by atoms with E-state index in [9.17, 15) is 14.4 Å². The minimum atomic E-state index is -0.0802. The molecule has 3 amide bonds. The molecule has 0 unspecified atom stereocenters. The number of unbranched alkanes of at least 4 members (excludes halogenated alkanes) is 5. The van der Waals surface area contributed by atoms with Crippen LogP contribution in [0.1, 0.15) is 68.6 Å². The Hall–Kier alpha value is -3.19. The summed E-state index contributed by atoms with van der Waals surface area (Å²) in [5.74, 6) is -0.177. The van der Waals surface area contributed by atoms with Crippen LogP contribution in [0.2, 0.25) is 0 Å². The lowest BCUT2D eigenvalue weighted by Crippen LogP contribution is -2.32. The molecule has 196 valence electrons. The van der Waals surface area contributed by atoms with Crippen LogP contribution in [0.3, 0.4) is 0 Å². The molecule has 0 saturated heterocycles. The van der Waals surface area contributed by atoms with Crippen LogP contribution in [-0.2, 0) is 9.59 Å². The summed E-state index contributed by atoms with van der Waals surface area (Å²) in [5, 5.41) is 5.84. The van der Waals surface area contributed by atoms with Crippen molar-refractivity contribution in [2.75, 3.05) is 44.4 Å². The van der Waals surface area contributed by atoms with Crippen LogP contribution in [-0.4, -0.2) is 61.3 Å². The minimum Gasteiger partial charge on any atom is -0.345 e. The van der Waals surface area contributed by atoms with Crippen LogP contribution in [0.25, 0.3) is 0 Å². The van der Waals surface area contributed by atoms with E-state index in [2.05, 4.69) is 22.5 Å². The molecule has 2 aromatic carbocycles. The Morgan fingerprint density at radius 3 is 1.75 bits per heavy atom. The Balaban J connectivity index is 1.83. The summed E-state index contributed by atoms with van der Waals surface area (Å²) in [6.07, 6.45) is 7.94. The third-order valence-corrected chi connectivity index (χ3v) is 6.02. The summed E-state index contributed by atoms with van der Waals surface area (Å²) in [4.78, 5) is 40.8. The summed E-state index contributed by atoms with van der Waals surface area (Å²) in [6, 6.07) is 16.4. The first-order valence-electron chi connectivity index (χ1n) is 13.1. The summed E-state index contributed by atoms with van der Waals surface area (Å²) in [6.45, 7) is 4.29. The first-order valence-corrected chi connectivity index (χ1v) is 13.1. The van der Waals surface area contributed by atoms with Gasteiger partial charge >= 0.3 is 0 Å². The molecule has 0 radical (unpaired) electrons. The zero-order valence-corrected chi connectivity index (χ0v) is 22.1. The van der Waals surface area contributed by atoms with Crippen molar-refractivity contribution in [1.82, 2.24) is 9.80 Å². The van der Waals surface area contributed by atoms with Gasteiger partial charge in [0.05, 0.1) is 0 Å². The molecule has 0 aliphatic carbocycles. The Morgan fingerprint density at radius 1 is 0.667 bits per heavy atom. The molecule has 0 aliphatic rings. The van der Waals surface area contributed by atoms with Crippen molar-refractivity contribution in [3.63, 3.8) is 0 Å². The maximum Gasteiger partial charge on any atom is 0.253 e. The van der Waals surface area contributed by atoms with E-state index in [0.717, 1.165) is 25.1 Å². The quantitative estimate of drug-likeness (QED) is 0.306. The second-order valence-corrected chi connectivity index (χ2v) is 9.35. The van der Waals surface area contributed by atoms with Crippen LogP contribution >= 0.6 is 0 Å². The minimum absolute atomic E-state index is 0.0223. The average Bonchev–Trinajstić information content (AvgIpc) is 2.87. The maximum atomic E-state index is 12.6. The van der Waals surface area contributed by atoms with Crippen molar-refractivity contribution in [2.45, 2.75) is 58.3 Å². The van der Waals surface area contributed by atoms with Crippen LogP contribution in [0.5, 0.6) is 0 Å². The number of rotatable bonds is 16. The van der Waals surface area contributed by atoms with E-state index in [0.29, 0.717) is 37.2 Å². The van der Waals surface area contributed by atoms with E-state index in [1.807, 2.05) is 30.3 Å². The second kappa shape index (κ2) is 16.5. The van der Waals surface area contributed by atoms with Gasteiger partial charge in [-0.1, -0.05) is 57.2 Å². The van der Waals surface area contributed by atoms with Crippen molar-refractivity contribution in [2.24, 2.45) is 0 Å². The summed E-state index contributed by atoms with van der Waals surface area (Å²) in [7, 11) is 3.42. The highest BCUT2D eigenvalue weighted by atomic mass is 16.2. The van der Waals surface area contributed by atoms with Crippen molar-refractivity contribution >= 4 is 29.1 Å². The predicted octanol–water partition coefficient (Wildman–Crippen LogP) is 5.41. The average molecular weight is 495 g/mol. The standard InChI is InChI=1S/C29H42N4O3/c1-4-5-6-7-8-12-21-33(22-19-27(34)30-25-13-10-9-11-14-25)23-20-28(35)31-26-17-15-24(16-18-26)29(36)32(2)3/h9-11,13-18H,4-8,12,19-23H2,1-3H3,(H,30,34)(H,31,35). The number of amides is 3. The third-order valence-electron chi connectivity index (χ3n) is 6.02. The summed E-state index contributed by atoms with van der Waals surface area (Å²) < 4.78 is 0. The van der Waals surface area contributed by atoms with E-state index in [1.54, 1.807) is 38.4 Å². The van der Waals surface area contributed by atoms with E-state index in [4.69, 9.17) is 0 Å². The van der Waals surface area contributed by atoms with Crippen LogP contribution in [0, 0.1) is 0 Å². The number of carbonyl (C=O) groups excluding carboxylic acids is 3. The SMILES string of the molecule is CCCCCCCCN(CCC(=O)Nc1ccccc1)CCC(=O)Nc1ccc(C(=O)N(C)C)cc1. The molecule has 2 aromatic rings. The second-order valence-electron chi connectivity index (χ2n) is 9.35. The number of nitrogens with one attached hydrogen (secondary N) is 2. The molecular formula is C29H42N4O3. The molecular weight excluding hydrogens is 452 g/mol. The Labute approximate surface area is 216 Å². The number of para-hydroxylation sites is 1. The van der Waals surface area contributed by atoms with Crippen molar-refractivity contribution in [3.05, 3.63) is 60.2 Å². The van der Waals surface area contributed by atoms with Crippen molar-refractivity contribution in [3.8, 4) is 0 Å². The van der Waals surface area contributed by atoms with Gasteiger partial charge in [-0.2, -0.15) is 0 Å². The first-order chi connectivity index (χ1) is 17.4. The molecule has 0 fully saturated rings. The maximum absolute atomic E-state index is 12.6. The van der Waals surface area contributed by atoms with Crippen LogP contribution < -0.4 is 10.6 Å². The number of anilines is 2. The summed E-state index contributed by atoms with van der Waals surface area (Å²) >= 11 is 0. The third kappa shape index (κ3) is 11.5. The van der Waals surface area contributed by atoms with Gasteiger partial charge in [0.1, 0.15) is 0 Å². The van der Waals surface area contributed by atoms with Gasteiger partial charge in [0.25, 0.3) is 5.91 Å². The first kappa shape index (κ1) is 29.0. The fourth-order valence-electron chi connectivity index (χ4n) is 3.89. The molecule has 0 heterocycles. The number of benzene rings is 2. The van der Waals surface area contributed by atoms with Crippen molar-refractivity contribution in [1.29, 1.82) is 0 Å². The Kier molecular flexibility index (Phi) is 13.3. The van der Waals surface area contributed by atoms with E-state index >= 15 is 0 Å². The molecule has 0 aliphatic heterocycles. The van der Waals surface area contributed by atoms with Gasteiger partial charge in [-0.05, 0) is 49.4 Å². The fraction of sp³-hybridized carbons (Fsp3) is 0.483. The monoisotopic (exact) mass is 494 g/mol. The predicted molar refractivity (Wildman–Crippen MR) is 147 cm³/mol. The van der Waals surface area contributed by atoms with Gasteiger partial charge in [0, 0.05) is 57.0 Å². The highest BCUT2D eigenvalue weighted by Gasteiger charge is 2.12. The fourth-order valence-corrected chi connectivity index (χ4v) is 3.89. The molecule has 2 rings (SSSR count). The van der Waals surface area contributed by atoms with Gasteiger partial charge < -0.3 is 20.4 Å². The van der Waals surface area contributed by atoms with Gasteiger partial charge in [-0.25, -0.2) is 0 Å². The number of hydrogen-bond acceptors (Lipinski definition) is 4. The Bertz CT molecular complexity index is 929. The molecule has 0 aromatic heterocycles. The lowest BCUT2D eigenvalue weighted by atomic mass is 10.1. The topological polar surface area (TPSA) is 81.8 Å². The number of carbonyl (C=O) groups is 3. The van der Waals surface area contributed by atoms with E-state index < -0.39 is 0 Å². The zero-order valence-electron chi connectivity index (χ0n) is 22.1. The smallest absolute Gasteiger partial charge is 0.253 e. The van der Waals surface area contributed by atoms with Crippen LogP contribution in [0.15, 0.2) is 54.6 Å². The highest BCUT2D eigenvalue weighted by molar-refractivity contribution is 5.95. The molecule has 36 heavy (non-hydrogen) atoms. The van der Waals surface area contributed by atoms with Gasteiger partial charge in [0.15, 0.2) is 0 Å². The molecule has 0 atom stereocenters. The molecule has 7 nitrogen and oxygen atoms in total. The highest BCUT2D eigenvalue weighted by Crippen LogP contribution is 2.12. The molecule has 0 saturated carbocycles. The zero-order chi connectivity index (χ0) is 26.2. The molecule has 2 N–H and O–H groups in total. The Morgan fingerprint density at radius 2 is 1.19 bits per heavy atom. The van der Waals surface area contributed by atoms with Crippen molar-refractivity contribution < 1.29 is 14.4 Å². The lowest BCUT2D eigenvalue weighted by molar-refractivity contribution is -0.116. The number of hydrogen-bond donors (Lipinski definition) is 2. The molecule has 0 spiro atoms. The van der Waals surface area contributed by atoms with Crippen LogP contribution in [0.4, 0.5) is 11.4 Å². The van der Waals surface area contributed by atoms with Gasteiger partial charge in [-0.15, -0.1) is 0 Å².